The number of aromatic nitrogens is 1. The highest BCUT2D eigenvalue weighted by Gasteiger charge is 2.15. The van der Waals surface area contributed by atoms with E-state index < -0.39 is 0 Å². The number of halogens is 1. The maximum absolute atomic E-state index is 11.9. The van der Waals surface area contributed by atoms with Gasteiger partial charge < -0.3 is 17.0 Å². The van der Waals surface area contributed by atoms with E-state index in [2.05, 4.69) is 6.92 Å². The van der Waals surface area contributed by atoms with Crippen LogP contribution in [0.3, 0.4) is 0 Å². The highest BCUT2D eigenvalue weighted by molar-refractivity contribution is 7.14. The molecule has 0 saturated heterocycles. The fraction of sp³-hybridized carbons (Fsp3) is 0.273. The molecule has 6 heteroatoms. The van der Waals surface area contributed by atoms with Crippen LogP contribution in [0.1, 0.15) is 22.2 Å². The van der Waals surface area contributed by atoms with E-state index in [0.29, 0.717) is 11.7 Å². The topological polar surface area (TPSA) is 47.0 Å². The minimum absolute atomic E-state index is 0. The SMILES string of the molecule is CCc1c[n+](CC(=O)c2ccsc2)c(N)s1.[Br-]. The molecule has 0 atom stereocenters. The molecule has 0 radical (unpaired) electrons. The van der Waals surface area contributed by atoms with E-state index in [4.69, 9.17) is 5.73 Å². The van der Waals surface area contributed by atoms with E-state index in [1.807, 2.05) is 27.6 Å². The molecule has 0 unspecified atom stereocenters. The van der Waals surface area contributed by atoms with Crippen LogP contribution in [-0.4, -0.2) is 5.78 Å². The Labute approximate surface area is 119 Å². The summed E-state index contributed by atoms with van der Waals surface area (Å²) in [5, 5.41) is 4.47. The molecule has 2 rings (SSSR count). The molecule has 2 heterocycles. The van der Waals surface area contributed by atoms with Gasteiger partial charge in [0, 0.05) is 10.9 Å². The number of carbonyl (C=O) groups is 1. The molecule has 0 fully saturated rings. The molecule has 92 valence electrons. The molecular formula is C11H13BrN2OS2. The Bertz CT molecular complexity index is 494. The van der Waals surface area contributed by atoms with Gasteiger partial charge in [0.1, 0.15) is 6.20 Å². The number of rotatable bonds is 4. The number of aryl methyl sites for hydroxylation is 1. The predicted molar refractivity (Wildman–Crippen MR) is 67.0 cm³/mol. The van der Waals surface area contributed by atoms with E-state index in [9.17, 15) is 4.79 Å². The molecule has 0 aliphatic rings. The third-order valence-corrected chi connectivity index (χ3v) is 4.11. The van der Waals surface area contributed by atoms with Gasteiger partial charge in [-0.2, -0.15) is 11.3 Å². The Morgan fingerprint density at radius 1 is 1.53 bits per heavy atom. The van der Waals surface area contributed by atoms with Crippen molar-refractivity contribution in [2.24, 2.45) is 0 Å². The van der Waals surface area contributed by atoms with Crippen LogP contribution in [0.25, 0.3) is 0 Å². The van der Waals surface area contributed by atoms with E-state index in [0.717, 1.165) is 12.0 Å². The first kappa shape index (κ1) is 14.3. The van der Waals surface area contributed by atoms with Crippen LogP contribution >= 0.6 is 22.7 Å². The van der Waals surface area contributed by atoms with Crippen molar-refractivity contribution < 1.29 is 26.3 Å². The molecular weight excluding hydrogens is 320 g/mol. The summed E-state index contributed by atoms with van der Waals surface area (Å²) in [6.07, 6.45) is 2.92. The maximum Gasteiger partial charge on any atom is 0.332 e. The van der Waals surface area contributed by atoms with Crippen molar-refractivity contribution in [3.8, 4) is 0 Å². The Morgan fingerprint density at radius 2 is 2.29 bits per heavy atom. The molecule has 3 nitrogen and oxygen atoms in total. The normalized spacial score (nSPS) is 9.94. The fourth-order valence-corrected chi connectivity index (χ4v) is 2.90. The fourth-order valence-electron chi connectivity index (χ4n) is 1.41. The molecule has 0 amide bonds. The van der Waals surface area contributed by atoms with Gasteiger partial charge in [-0.3, -0.25) is 10.5 Å². The molecule has 2 aromatic heterocycles. The third-order valence-electron chi connectivity index (χ3n) is 2.32. The molecule has 2 aromatic rings. The number of hydrogen-bond donors (Lipinski definition) is 1. The number of thiazole rings is 1. The standard InChI is InChI=1S/C11H12N2OS2.BrH/c1-2-9-5-13(11(12)16-9)6-10(14)8-3-4-15-7-8;/h3-5,7,12H,2,6H2,1H3;1H. The number of Topliss-reactive ketones (excluding diaryl/α,β-unsaturated/α-hetero) is 1. The molecule has 0 aromatic carbocycles. The first-order valence-electron chi connectivity index (χ1n) is 5.03. The van der Waals surface area contributed by atoms with Gasteiger partial charge in [-0.15, -0.1) is 0 Å². The molecule has 0 aliphatic heterocycles. The van der Waals surface area contributed by atoms with Crippen molar-refractivity contribution in [2.75, 3.05) is 5.73 Å². The number of ketones is 1. The van der Waals surface area contributed by atoms with Crippen molar-refractivity contribution in [2.45, 2.75) is 19.9 Å². The zero-order valence-electron chi connectivity index (χ0n) is 9.35. The Kier molecular flexibility index (Phi) is 5.30. The second-order valence-corrected chi connectivity index (χ2v) is 5.38. The van der Waals surface area contributed by atoms with Crippen molar-refractivity contribution >= 4 is 33.6 Å². The van der Waals surface area contributed by atoms with Gasteiger partial charge in [0.2, 0.25) is 5.78 Å². The summed E-state index contributed by atoms with van der Waals surface area (Å²) in [6, 6.07) is 1.84. The quantitative estimate of drug-likeness (QED) is 0.584. The zero-order valence-corrected chi connectivity index (χ0v) is 12.6. The highest BCUT2D eigenvalue weighted by Crippen LogP contribution is 2.14. The van der Waals surface area contributed by atoms with Gasteiger partial charge in [0.15, 0.2) is 6.54 Å². The Balaban J connectivity index is 0.00000144. The van der Waals surface area contributed by atoms with Crippen LogP contribution in [0.4, 0.5) is 5.13 Å². The summed E-state index contributed by atoms with van der Waals surface area (Å²) in [4.78, 5) is 13.1. The van der Waals surface area contributed by atoms with E-state index in [1.165, 1.54) is 16.2 Å². The highest BCUT2D eigenvalue weighted by atomic mass is 79.9. The second kappa shape index (κ2) is 6.28. The zero-order chi connectivity index (χ0) is 11.5. The monoisotopic (exact) mass is 332 g/mol. The largest absolute Gasteiger partial charge is 1.00 e. The van der Waals surface area contributed by atoms with Gasteiger partial charge >= 0.3 is 5.13 Å². The number of anilines is 1. The van der Waals surface area contributed by atoms with Crippen molar-refractivity contribution in [1.82, 2.24) is 0 Å². The smallest absolute Gasteiger partial charge is 0.332 e. The predicted octanol–water partition coefficient (Wildman–Crippen LogP) is -0.871. The number of nitrogen functional groups attached to an aromatic ring is 1. The number of carbonyl (C=O) groups excluding carboxylic acids is 1. The number of nitrogens with zero attached hydrogens (tertiary/aromatic N) is 1. The van der Waals surface area contributed by atoms with Crippen LogP contribution < -0.4 is 27.3 Å². The summed E-state index contributed by atoms with van der Waals surface area (Å²) < 4.78 is 1.82. The van der Waals surface area contributed by atoms with Crippen LogP contribution in [0.15, 0.2) is 23.0 Å². The number of thiophene rings is 1. The van der Waals surface area contributed by atoms with E-state index in [-0.39, 0.29) is 22.8 Å². The molecule has 17 heavy (non-hydrogen) atoms. The van der Waals surface area contributed by atoms with Crippen LogP contribution in [0, 0.1) is 0 Å². The van der Waals surface area contributed by atoms with Gasteiger partial charge in [0.25, 0.3) is 0 Å². The lowest BCUT2D eigenvalue weighted by molar-refractivity contribution is -0.664. The first-order chi connectivity index (χ1) is 7.70. The summed E-state index contributed by atoms with van der Waals surface area (Å²) in [5.74, 6) is 0.110. The van der Waals surface area contributed by atoms with Crippen LogP contribution in [0.5, 0.6) is 0 Å². The molecule has 2 N–H and O–H groups in total. The van der Waals surface area contributed by atoms with Gasteiger partial charge in [-0.25, -0.2) is 4.57 Å². The number of nitrogens with two attached hydrogens (primary N) is 1. The molecule has 0 saturated carbocycles. The lowest BCUT2D eigenvalue weighted by Crippen LogP contribution is -3.00. The lowest BCUT2D eigenvalue weighted by Gasteiger charge is -1.95. The minimum atomic E-state index is 0. The molecule has 0 spiro atoms. The van der Waals surface area contributed by atoms with Gasteiger partial charge in [0.05, 0.1) is 4.88 Å². The summed E-state index contributed by atoms with van der Waals surface area (Å²) in [5.41, 5.74) is 6.62. The van der Waals surface area contributed by atoms with Gasteiger partial charge in [-0.05, 0) is 17.9 Å². The van der Waals surface area contributed by atoms with Crippen molar-refractivity contribution in [1.29, 1.82) is 0 Å². The second-order valence-electron chi connectivity index (χ2n) is 3.45. The summed E-state index contributed by atoms with van der Waals surface area (Å²) in [7, 11) is 0. The Morgan fingerprint density at radius 3 is 2.82 bits per heavy atom. The maximum atomic E-state index is 11.9. The van der Waals surface area contributed by atoms with Gasteiger partial charge in [-0.1, -0.05) is 18.3 Å². The third kappa shape index (κ3) is 3.37. The summed E-state index contributed by atoms with van der Waals surface area (Å²) in [6.45, 7) is 2.41. The average molecular weight is 333 g/mol. The van der Waals surface area contributed by atoms with Crippen LogP contribution in [0.2, 0.25) is 0 Å². The average Bonchev–Trinajstić information content (AvgIpc) is 2.88. The Hall–Kier alpha value is -0.720. The lowest BCUT2D eigenvalue weighted by atomic mass is 10.2. The van der Waals surface area contributed by atoms with E-state index >= 15 is 0 Å². The van der Waals surface area contributed by atoms with Crippen molar-refractivity contribution in [3.63, 3.8) is 0 Å². The molecule has 0 bridgehead atoms. The molecule has 0 aliphatic carbocycles. The first-order valence-corrected chi connectivity index (χ1v) is 6.79. The summed E-state index contributed by atoms with van der Waals surface area (Å²) >= 11 is 3.08. The minimum Gasteiger partial charge on any atom is -1.00 e. The van der Waals surface area contributed by atoms with Crippen molar-refractivity contribution in [3.05, 3.63) is 33.5 Å². The number of hydrogen-bond acceptors (Lipinski definition) is 4. The van der Waals surface area contributed by atoms with Crippen LogP contribution in [-0.2, 0) is 13.0 Å². The van der Waals surface area contributed by atoms with E-state index in [1.54, 1.807) is 11.3 Å².